The fourth-order valence-corrected chi connectivity index (χ4v) is 3.28. The van der Waals surface area contributed by atoms with Crippen LogP contribution in [0.2, 0.25) is 0 Å². The third-order valence-corrected chi connectivity index (χ3v) is 4.48. The minimum absolute atomic E-state index is 0.235. The Bertz CT molecular complexity index is 1040. The summed E-state index contributed by atoms with van der Waals surface area (Å²) in [6.07, 6.45) is -0.431. The highest BCUT2D eigenvalue weighted by Crippen LogP contribution is 2.41. The number of para-hydroxylation sites is 1. The van der Waals surface area contributed by atoms with Crippen molar-refractivity contribution in [2.75, 3.05) is 17.7 Å². The van der Waals surface area contributed by atoms with Crippen LogP contribution in [-0.4, -0.2) is 30.7 Å². The van der Waals surface area contributed by atoms with E-state index in [1.807, 2.05) is 0 Å². The normalized spacial score (nSPS) is 15.8. The maximum absolute atomic E-state index is 12.9. The number of anilines is 2. The quantitative estimate of drug-likeness (QED) is 0.752. The highest BCUT2D eigenvalue weighted by atomic mass is 16.6. The summed E-state index contributed by atoms with van der Waals surface area (Å²) < 4.78 is 11.2. The number of nitrogens with zero attached hydrogens (tertiary/aromatic N) is 2. The number of hydrogen-bond acceptors (Lipinski definition) is 6. The molecule has 0 aliphatic carbocycles. The summed E-state index contributed by atoms with van der Waals surface area (Å²) in [6.45, 7) is 5.25. The number of benzene rings is 2. The molecule has 0 fully saturated rings. The van der Waals surface area contributed by atoms with Crippen molar-refractivity contribution in [2.24, 2.45) is 0 Å². The maximum atomic E-state index is 12.9. The molecule has 0 bridgehead atoms. The highest BCUT2D eigenvalue weighted by molar-refractivity contribution is 6.03. The van der Waals surface area contributed by atoms with Gasteiger partial charge in [0.05, 0.1) is 11.3 Å². The first-order valence-corrected chi connectivity index (χ1v) is 9.45. The number of alkyl carbamates (subject to hydrolysis) is 1. The molecule has 0 radical (unpaired) electrons. The van der Waals surface area contributed by atoms with Crippen molar-refractivity contribution >= 4 is 23.4 Å². The average molecular weight is 408 g/mol. The van der Waals surface area contributed by atoms with Crippen LogP contribution in [0, 0.1) is 11.3 Å². The SMILES string of the molecule is CN1C(=O)C(NC(=O)OC(C)(C)C)Cc2cc(N)cc(Oc3ccccc3C#N)c21. The van der Waals surface area contributed by atoms with Gasteiger partial charge in [-0.1, -0.05) is 12.1 Å². The summed E-state index contributed by atoms with van der Waals surface area (Å²) in [5.74, 6) is 0.415. The van der Waals surface area contributed by atoms with Gasteiger partial charge >= 0.3 is 6.09 Å². The number of carbonyl (C=O) groups is 2. The number of hydrogen-bond donors (Lipinski definition) is 2. The Hall–Kier alpha value is -3.73. The number of likely N-dealkylation sites (N-methyl/N-ethyl adjacent to an activating group) is 1. The van der Waals surface area contributed by atoms with Gasteiger partial charge in [0.1, 0.15) is 23.5 Å². The van der Waals surface area contributed by atoms with Gasteiger partial charge in [-0.05, 0) is 44.5 Å². The topological polar surface area (TPSA) is 118 Å². The molecule has 1 heterocycles. The molecule has 0 saturated carbocycles. The highest BCUT2D eigenvalue weighted by Gasteiger charge is 2.35. The van der Waals surface area contributed by atoms with Gasteiger partial charge in [0, 0.05) is 25.2 Å². The number of nitrogens with two attached hydrogens (primary N) is 1. The van der Waals surface area contributed by atoms with E-state index in [2.05, 4.69) is 11.4 Å². The summed E-state index contributed by atoms with van der Waals surface area (Å²) in [5, 5.41) is 11.9. The van der Waals surface area contributed by atoms with Gasteiger partial charge in [0.15, 0.2) is 5.75 Å². The van der Waals surface area contributed by atoms with Crippen molar-refractivity contribution in [3.8, 4) is 17.6 Å². The molecular weight excluding hydrogens is 384 g/mol. The fourth-order valence-electron chi connectivity index (χ4n) is 3.28. The molecule has 2 aromatic rings. The lowest BCUT2D eigenvalue weighted by Gasteiger charge is -2.33. The molecule has 2 amide bonds. The van der Waals surface area contributed by atoms with E-state index < -0.39 is 17.7 Å². The number of nitrogens with one attached hydrogen (secondary N) is 1. The molecule has 1 unspecified atom stereocenters. The third kappa shape index (κ3) is 4.46. The van der Waals surface area contributed by atoms with Crippen LogP contribution in [0.5, 0.6) is 11.5 Å². The molecular formula is C22H24N4O4. The van der Waals surface area contributed by atoms with E-state index in [0.717, 1.165) is 5.56 Å². The molecule has 0 saturated heterocycles. The van der Waals surface area contributed by atoms with Crippen molar-refractivity contribution in [2.45, 2.75) is 38.8 Å². The van der Waals surface area contributed by atoms with E-state index in [4.69, 9.17) is 15.2 Å². The Morgan fingerprint density at radius 1 is 1.27 bits per heavy atom. The van der Waals surface area contributed by atoms with Gasteiger partial charge in [-0.25, -0.2) is 4.79 Å². The van der Waals surface area contributed by atoms with Gasteiger partial charge in [0.2, 0.25) is 5.91 Å². The molecule has 1 aliphatic heterocycles. The third-order valence-electron chi connectivity index (χ3n) is 4.48. The lowest BCUT2D eigenvalue weighted by Crippen LogP contribution is -2.52. The molecule has 0 aromatic heterocycles. The molecule has 30 heavy (non-hydrogen) atoms. The van der Waals surface area contributed by atoms with Gasteiger partial charge in [0.25, 0.3) is 0 Å². The van der Waals surface area contributed by atoms with E-state index in [0.29, 0.717) is 28.4 Å². The number of nitriles is 1. The molecule has 1 atom stereocenters. The monoisotopic (exact) mass is 408 g/mol. The fraction of sp³-hybridized carbons (Fsp3) is 0.318. The first-order valence-electron chi connectivity index (χ1n) is 9.45. The predicted molar refractivity (Wildman–Crippen MR) is 112 cm³/mol. The van der Waals surface area contributed by atoms with Crippen LogP contribution < -0.4 is 20.7 Å². The predicted octanol–water partition coefficient (Wildman–Crippen LogP) is 3.34. The largest absolute Gasteiger partial charge is 0.454 e. The molecule has 3 rings (SSSR count). The maximum Gasteiger partial charge on any atom is 0.408 e. The summed E-state index contributed by atoms with van der Waals surface area (Å²) in [7, 11) is 1.60. The minimum atomic E-state index is -0.793. The smallest absolute Gasteiger partial charge is 0.408 e. The Balaban J connectivity index is 1.93. The van der Waals surface area contributed by atoms with E-state index in [1.165, 1.54) is 4.90 Å². The zero-order chi connectivity index (χ0) is 22.1. The van der Waals surface area contributed by atoms with E-state index in [9.17, 15) is 14.9 Å². The van der Waals surface area contributed by atoms with Crippen LogP contribution in [-0.2, 0) is 16.0 Å². The van der Waals surface area contributed by atoms with Crippen molar-refractivity contribution < 1.29 is 19.1 Å². The summed E-state index contributed by atoms with van der Waals surface area (Å²) in [5.41, 5.74) is 7.47. The van der Waals surface area contributed by atoms with Crippen LogP contribution >= 0.6 is 0 Å². The molecule has 156 valence electrons. The first kappa shape index (κ1) is 21.0. The molecule has 3 N–H and O–H groups in total. The van der Waals surface area contributed by atoms with Crippen molar-refractivity contribution in [3.05, 3.63) is 47.5 Å². The lowest BCUT2D eigenvalue weighted by atomic mass is 9.96. The van der Waals surface area contributed by atoms with Crippen LogP contribution in [0.15, 0.2) is 36.4 Å². The van der Waals surface area contributed by atoms with Gasteiger partial charge < -0.3 is 25.4 Å². The number of ether oxygens (including phenoxy) is 2. The van der Waals surface area contributed by atoms with Crippen molar-refractivity contribution in [1.82, 2.24) is 5.32 Å². The summed E-state index contributed by atoms with van der Waals surface area (Å²) in [6, 6.07) is 11.4. The van der Waals surface area contributed by atoms with Crippen molar-refractivity contribution in [1.29, 1.82) is 5.26 Å². The van der Waals surface area contributed by atoms with Crippen LogP contribution in [0.3, 0.4) is 0 Å². The van der Waals surface area contributed by atoms with Crippen LogP contribution in [0.25, 0.3) is 0 Å². The van der Waals surface area contributed by atoms with Gasteiger partial charge in [-0.3, -0.25) is 4.79 Å². The van der Waals surface area contributed by atoms with Gasteiger partial charge in [-0.15, -0.1) is 0 Å². The summed E-state index contributed by atoms with van der Waals surface area (Å²) in [4.78, 5) is 26.5. The van der Waals surface area contributed by atoms with Crippen molar-refractivity contribution in [3.63, 3.8) is 0 Å². The number of rotatable bonds is 3. The Morgan fingerprint density at radius 3 is 2.63 bits per heavy atom. The molecule has 1 aliphatic rings. The number of nitrogen functional groups attached to an aromatic ring is 1. The Kier molecular flexibility index (Phi) is 5.56. The molecule has 8 heteroatoms. The minimum Gasteiger partial charge on any atom is -0.454 e. The average Bonchev–Trinajstić information content (AvgIpc) is 2.64. The standard InChI is InChI=1S/C22H24N4O4/c1-22(2,3)30-21(28)25-16-10-14-9-15(24)11-18(19(14)26(4)20(16)27)29-17-8-6-5-7-13(17)12-23/h5-9,11,16H,10,24H2,1-4H3,(H,25,28). The van der Waals surface area contributed by atoms with E-state index in [1.54, 1.807) is 64.2 Å². The molecule has 2 aromatic carbocycles. The molecule has 0 spiro atoms. The number of carbonyl (C=O) groups excluding carboxylic acids is 2. The summed E-state index contributed by atoms with van der Waals surface area (Å²) >= 11 is 0. The van der Waals surface area contributed by atoms with E-state index >= 15 is 0 Å². The van der Waals surface area contributed by atoms with Crippen LogP contribution in [0.1, 0.15) is 31.9 Å². The number of amides is 2. The zero-order valence-corrected chi connectivity index (χ0v) is 17.4. The number of fused-ring (bicyclic) bond motifs is 1. The first-order chi connectivity index (χ1) is 14.1. The second-order valence-electron chi connectivity index (χ2n) is 8.04. The Morgan fingerprint density at radius 2 is 1.97 bits per heavy atom. The second-order valence-corrected chi connectivity index (χ2v) is 8.04. The second kappa shape index (κ2) is 7.95. The molecule has 8 nitrogen and oxygen atoms in total. The van der Waals surface area contributed by atoms with Crippen LogP contribution in [0.4, 0.5) is 16.2 Å². The van der Waals surface area contributed by atoms with Gasteiger partial charge in [-0.2, -0.15) is 5.26 Å². The van der Waals surface area contributed by atoms with E-state index in [-0.39, 0.29) is 12.3 Å². The lowest BCUT2D eigenvalue weighted by molar-refractivity contribution is -0.120. The Labute approximate surface area is 175 Å². The zero-order valence-electron chi connectivity index (χ0n) is 17.4.